The van der Waals surface area contributed by atoms with Crippen LogP contribution in [0, 0.1) is 11.8 Å². The van der Waals surface area contributed by atoms with Gasteiger partial charge in [0, 0.05) is 25.7 Å². The average Bonchev–Trinajstić information content (AvgIpc) is 2.44. The number of hydrogen-bond acceptors (Lipinski definition) is 4. The fourth-order valence-corrected chi connectivity index (χ4v) is 3.64. The van der Waals surface area contributed by atoms with Crippen LogP contribution in [0.25, 0.3) is 0 Å². The standard InChI is InChI=1S/C15H22N2O2/c18-10-16-14-5-1-12(2-6-14)9-13-3-7-15(8-4-13)17-11-19/h12-15H,1-9H2/q+2. The Labute approximate surface area is 114 Å². The van der Waals surface area contributed by atoms with Crippen LogP contribution < -0.4 is 9.98 Å². The van der Waals surface area contributed by atoms with Crippen LogP contribution in [0.2, 0.25) is 0 Å². The largest absolute Gasteiger partial charge is 0.496 e. The molecule has 2 saturated carbocycles. The Hall–Kier alpha value is -1.24. The van der Waals surface area contributed by atoms with Gasteiger partial charge in [0.1, 0.15) is 9.98 Å². The van der Waals surface area contributed by atoms with E-state index in [2.05, 4.69) is 9.98 Å². The molecule has 0 saturated heterocycles. The molecule has 102 valence electrons. The quantitative estimate of drug-likeness (QED) is 0.573. The summed E-state index contributed by atoms with van der Waals surface area (Å²) in [5.41, 5.74) is 0. The first-order chi connectivity index (χ1) is 9.31. The Morgan fingerprint density at radius 2 is 1.05 bits per heavy atom. The molecule has 0 aliphatic heterocycles. The van der Waals surface area contributed by atoms with Crippen molar-refractivity contribution in [1.82, 2.24) is 9.98 Å². The first kappa shape index (κ1) is 14.2. The molecule has 0 bridgehead atoms. The van der Waals surface area contributed by atoms with Crippen molar-refractivity contribution in [2.75, 3.05) is 0 Å². The highest BCUT2D eigenvalue weighted by Crippen LogP contribution is 2.35. The molecule has 0 aromatic carbocycles. The van der Waals surface area contributed by atoms with Crippen LogP contribution in [0.1, 0.15) is 57.8 Å². The Morgan fingerprint density at radius 1 is 0.684 bits per heavy atom. The zero-order valence-electron chi connectivity index (χ0n) is 11.4. The van der Waals surface area contributed by atoms with Crippen molar-refractivity contribution in [3.05, 3.63) is 0 Å². The van der Waals surface area contributed by atoms with Crippen LogP contribution in [0.5, 0.6) is 0 Å². The van der Waals surface area contributed by atoms with Gasteiger partial charge < -0.3 is 0 Å². The number of carbonyl (C=O) groups excluding carboxylic acids is 2. The monoisotopic (exact) mass is 262 g/mol. The third-order valence-electron chi connectivity index (χ3n) is 4.77. The fraction of sp³-hybridized carbons (Fsp3) is 0.867. The maximum atomic E-state index is 10.2. The molecule has 0 heterocycles. The van der Waals surface area contributed by atoms with E-state index in [-0.39, 0.29) is 12.1 Å². The van der Waals surface area contributed by atoms with Crippen molar-refractivity contribution in [3.8, 4) is 0 Å². The number of rotatable bonds is 4. The summed E-state index contributed by atoms with van der Waals surface area (Å²) in [5, 5.41) is 0. The molecular formula is C15H22N2O2+2. The van der Waals surface area contributed by atoms with Gasteiger partial charge in [0.15, 0.2) is 0 Å². The highest BCUT2D eigenvalue weighted by Gasteiger charge is 2.32. The molecule has 0 unspecified atom stereocenters. The summed E-state index contributed by atoms with van der Waals surface area (Å²) in [4.78, 5) is 28.1. The predicted molar refractivity (Wildman–Crippen MR) is 71.8 cm³/mol. The van der Waals surface area contributed by atoms with Crippen molar-refractivity contribution >= 4 is 12.2 Å². The molecule has 2 radical (unpaired) electrons. The number of hydrogen-bond donors (Lipinski definition) is 0. The highest BCUT2D eigenvalue weighted by molar-refractivity contribution is 5.31. The second-order valence-corrected chi connectivity index (χ2v) is 6.03. The lowest BCUT2D eigenvalue weighted by molar-refractivity contribution is 0.219. The fourth-order valence-electron chi connectivity index (χ4n) is 3.64. The van der Waals surface area contributed by atoms with E-state index < -0.39 is 0 Å². The summed E-state index contributed by atoms with van der Waals surface area (Å²) in [7, 11) is 0. The van der Waals surface area contributed by atoms with Gasteiger partial charge in [-0.25, -0.2) is 0 Å². The van der Waals surface area contributed by atoms with Crippen LogP contribution in [0.4, 0.5) is 0 Å². The van der Waals surface area contributed by atoms with Gasteiger partial charge >= 0.3 is 12.2 Å². The van der Waals surface area contributed by atoms with E-state index >= 15 is 0 Å². The lowest BCUT2D eigenvalue weighted by Gasteiger charge is -2.28. The van der Waals surface area contributed by atoms with Crippen molar-refractivity contribution in [3.63, 3.8) is 0 Å². The maximum absolute atomic E-state index is 10.2. The van der Waals surface area contributed by atoms with Gasteiger partial charge in [-0.05, 0) is 43.9 Å². The third-order valence-corrected chi connectivity index (χ3v) is 4.77. The van der Waals surface area contributed by atoms with E-state index in [1.54, 1.807) is 12.2 Å². The first-order valence-corrected chi connectivity index (χ1v) is 7.45. The second kappa shape index (κ2) is 7.37. The molecule has 19 heavy (non-hydrogen) atoms. The summed E-state index contributed by atoms with van der Waals surface area (Å²) >= 11 is 0. The Balaban J connectivity index is 1.69. The molecule has 4 nitrogen and oxygen atoms in total. The Morgan fingerprint density at radius 3 is 1.37 bits per heavy atom. The van der Waals surface area contributed by atoms with Gasteiger partial charge in [0.05, 0.1) is 0 Å². The SMILES string of the molecule is O=C=[N+]C1CCC(CC2CCC([N+]=C=O)CC2)CC1. The van der Waals surface area contributed by atoms with E-state index in [0.717, 1.165) is 37.5 Å². The van der Waals surface area contributed by atoms with Crippen LogP contribution in [0.15, 0.2) is 0 Å². The minimum atomic E-state index is 0.228. The molecule has 0 amide bonds. The minimum Gasteiger partial charge on any atom is -0.154 e. The van der Waals surface area contributed by atoms with Crippen LogP contribution in [-0.2, 0) is 9.59 Å². The molecule has 0 spiro atoms. The lowest BCUT2D eigenvalue weighted by atomic mass is 9.76. The van der Waals surface area contributed by atoms with Gasteiger partial charge in [-0.1, -0.05) is 0 Å². The Kier molecular flexibility index (Phi) is 5.50. The van der Waals surface area contributed by atoms with Gasteiger partial charge in [-0.3, -0.25) is 0 Å². The highest BCUT2D eigenvalue weighted by atomic mass is 16.1. The topological polar surface area (TPSA) is 62.3 Å². The molecular weight excluding hydrogens is 240 g/mol. The van der Waals surface area contributed by atoms with E-state index in [1.165, 1.54) is 32.1 Å². The summed E-state index contributed by atoms with van der Waals surface area (Å²) in [6.07, 6.45) is 13.6. The lowest BCUT2D eigenvalue weighted by Crippen LogP contribution is -2.27. The van der Waals surface area contributed by atoms with Crippen molar-refractivity contribution in [2.45, 2.75) is 69.9 Å². The molecule has 0 aromatic heterocycles. The molecule has 2 fully saturated rings. The molecule has 2 aliphatic rings. The van der Waals surface area contributed by atoms with Gasteiger partial charge in [-0.15, -0.1) is 0 Å². The molecule has 0 N–H and O–H groups in total. The zero-order valence-corrected chi connectivity index (χ0v) is 11.4. The summed E-state index contributed by atoms with van der Waals surface area (Å²) in [6.45, 7) is 0. The van der Waals surface area contributed by atoms with Crippen LogP contribution in [0.3, 0.4) is 0 Å². The van der Waals surface area contributed by atoms with Crippen molar-refractivity contribution in [2.24, 2.45) is 11.8 Å². The molecule has 4 heteroatoms. The number of nitrogens with zero attached hydrogens (tertiary/aromatic N) is 2. The zero-order chi connectivity index (χ0) is 13.5. The maximum Gasteiger partial charge on any atom is 0.496 e. The normalized spacial score (nSPS) is 34.9. The second-order valence-electron chi connectivity index (χ2n) is 6.03. The van der Waals surface area contributed by atoms with Crippen LogP contribution >= 0.6 is 0 Å². The van der Waals surface area contributed by atoms with Crippen molar-refractivity contribution in [1.29, 1.82) is 0 Å². The first-order valence-electron chi connectivity index (χ1n) is 7.45. The number of isocyanates is 2. The predicted octanol–water partition coefficient (Wildman–Crippen LogP) is 1.84. The Bertz CT molecular complexity index is 332. The van der Waals surface area contributed by atoms with Crippen molar-refractivity contribution < 1.29 is 9.59 Å². The molecule has 2 aliphatic carbocycles. The van der Waals surface area contributed by atoms with Gasteiger partial charge in [0.2, 0.25) is 12.1 Å². The average molecular weight is 262 g/mol. The minimum absolute atomic E-state index is 0.228. The summed E-state index contributed by atoms with van der Waals surface area (Å²) in [5.74, 6) is 1.60. The van der Waals surface area contributed by atoms with Gasteiger partial charge in [0.25, 0.3) is 0 Å². The molecule has 0 aromatic rings. The molecule has 2 rings (SSSR count). The van der Waals surface area contributed by atoms with E-state index in [9.17, 15) is 9.59 Å². The number of aliphatic imine (C=N–C) groups is 2. The summed E-state index contributed by atoms with van der Waals surface area (Å²) in [6, 6.07) is 0.456. The van der Waals surface area contributed by atoms with Gasteiger partial charge in [-0.2, -0.15) is 9.59 Å². The van der Waals surface area contributed by atoms with Crippen LogP contribution in [-0.4, -0.2) is 24.2 Å². The van der Waals surface area contributed by atoms with E-state index in [4.69, 9.17) is 0 Å². The smallest absolute Gasteiger partial charge is 0.154 e. The molecule has 0 atom stereocenters. The van der Waals surface area contributed by atoms with E-state index in [0.29, 0.717) is 0 Å². The third kappa shape index (κ3) is 4.41. The summed E-state index contributed by atoms with van der Waals surface area (Å²) < 4.78 is 0. The van der Waals surface area contributed by atoms with E-state index in [1.807, 2.05) is 0 Å².